The van der Waals surface area contributed by atoms with E-state index < -0.39 is 0 Å². The molecular weight excluding hydrogens is 178 g/mol. The lowest BCUT2D eigenvalue weighted by atomic mass is 9.93. The van der Waals surface area contributed by atoms with Crippen molar-refractivity contribution in [3.63, 3.8) is 0 Å². The second kappa shape index (κ2) is 4.25. The Bertz CT molecular complexity index is 239. The van der Waals surface area contributed by atoms with E-state index in [-0.39, 0.29) is 0 Å². The van der Waals surface area contributed by atoms with Gasteiger partial charge in [0.25, 0.3) is 0 Å². The molecule has 0 bridgehead atoms. The van der Waals surface area contributed by atoms with Crippen molar-refractivity contribution in [2.24, 2.45) is 0 Å². The van der Waals surface area contributed by atoms with Gasteiger partial charge in [0.2, 0.25) is 0 Å². The molecule has 2 heteroatoms. The van der Waals surface area contributed by atoms with Crippen molar-refractivity contribution in [3.05, 3.63) is 22.4 Å². The number of hydrogen-bond donors (Lipinski definition) is 1. The Labute approximate surface area is 84.2 Å². The van der Waals surface area contributed by atoms with Crippen molar-refractivity contribution >= 4 is 11.3 Å². The number of rotatable bonds is 4. The Kier molecular flexibility index (Phi) is 3.01. The van der Waals surface area contributed by atoms with E-state index in [4.69, 9.17) is 0 Å². The first-order valence-corrected chi connectivity index (χ1v) is 6.01. The Balaban J connectivity index is 1.74. The number of nitrogens with one attached hydrogen (secondary N) is 1. The normalized spacial score (nSPS) is 19.8. The van der Waals surface area contributed by atoms with Crippen LogP contribution < -0.4 is 5.32 Å². The van der Waals surface area contributed by atoms with Gasteiger partial charge in [-0.05, 0) is 24.3 Å². The first-order valence-electron chi connectivity index (χ1n) is 5.13. The molecule has 1 atom stereocenters. The summed E-state index contributed by atoms with van der Waals surface area (Å²) < 4.78 is 0. The van der Waals surface area contributed by atoms with Gasteiger partial charge in [-0.1, -0.05) is 19.4 Å². The smallest absolute Gasteiger partial charge is 0.00860 e. The predicted molar refractivity (Wildman–Crippen MR) is 58.4 cm³/mol. The maximum atomic E-state index is 3.61. The zero-order chi connectivity index (χ0) is 9.10. The SMILES string of the molecule is CC(CNC1CCC1)c1cccs1. The predicted octanol–water partition coefficient (Wildman–Crippen LogP) is 2.99. The molecule has 1 unspecified atom stereocenters. The zero-order valence-electron chi connectivity index (χ0n) is 8.12. The minimum Gasteiger partial charge on any atom is -0.313 e. The van der Waals surface area contributed by atoms with Gasteiger partial charge in [-0.25, -0.2) is 0 Å². The number of thiophene rings is 1. The van der Waals surface area contributed by atoms with Crippen LogP contribution in [0.5, 0.6) is 0 Å². The summed E-state index contributed by atoms with van der Waals surface area (Å²) in [5.41, 5.74) is 0. The van der Waals surface area contributed by atoms with Gasteiger partial charge in [0.05, 0.1) is 0 Å². The van der Waals surface area contributed by atoms with E-state index in [2.05, 4.69) is 29.8 Å². The van der Waals surface area contributed by atoms with Crippen LogP contribution in [0.25, 0.3) is 0 Å². The lowest BCUT2D eigenvalue weighted by molar-refractivity contribution is 0.335. The third-order valence-corrected chi connectivity index (χ3v) is 3.95. The van der Waals surface area contributed by atoms with Crippen LogP contribution in [0.3, 0.4) is 0 Å². The first-order chi connectivity index (χ1) is 6.36. The highest BCUT2D eigenvalue weighted by atomic mass is 32.1. The Morgan fingerprint density at radius 2 is 2.46 bits per heavy atom. The Morgan fingerprint density at radius 1 is 1.62 bits per heavy atom. The molecule has 1 aliphatic carbocycles. The standard InChI is InChI=1S/C11H17NS/c1-9(11-6-3-7-13-11)8-12-10-4-2-5-10/h3,6-7,9-10,12H,2,4-5,8H2,1H3. The molecule has 1 N–H and O–H groups in total. The average Bonchev–Trinajstić information content (AvgIpc) is 2.52. The zero-order valence-corrected chi connectivity index (χ0v) is 8.94. The third kappa shape index (κ3) is 2.32. The highest BCUT2D eigenvalue weighted by Gasteiger charge is 2.17. The van der Waals surface area contributed by atoms with Gasteiger partial charge in [0, 0.05) is 23.4 Å². The van der Waals surface area contributed by atoms with Gasteiger partial charge < -0.3 is 5.32 Å². The van der Waals surface area contributed by atoms with Crippen LogP contribution >= 0.6 is 11.3 Å². The third-order valence-electron chi connectivity index (χ3n) is 2.85. The monoisotopic (exact) mass is 195 g/mol. The summed E-state index contributed by atoms with van der Waals surface area (Å²) in [6.07, 6.45) is 4.19. The van der Waals surface area contributed by atoms with E-state index in [0.717, 1.165) is 12.6 Å². The van der Waals surface area contributed by atoms with Crippen molar-refractivity contribution in [2.45, 2.75) is 38.1 Å². The van der Waals surface area contributed by atoms with Crippen molar-refractivity contribution in [1.29, 1.82) is 0 Å². The summed E-state index contributed by atoms with van der Waals surface area (Å²) in [6.45, 7) is 3.45. The topological polar surface area (TPSA) is 12.0 Å². The van der Waals surface area contributed by atoms with Gasteiger partial charge in [-0.15, -0.1) is 11.3 Å². The largest absolute Gasteiger partial charge is 0.313 e. The van der Waals surface area contributed by atoms with Gasteiger partial charge in [-0.2, -0.15) is 0 Å². The maximum absolute atomic E-state index is 3.61. The molecule has 72 valence electrons. The lowest BCUT2D eigenvalue weighted by Crippen LogP contribution is -2.37. The van der Waals surface area contributed by atoms with Crippen LogP contribution in [0.2, 0.25) is 0 Å². The maximum Gasteiger partial charge on any atom is 0.00860 e. The molecular formula is C11H17NS. The molecule has 0 amide bonds. The molecule has 0 radical (unpaired) electrons. The van der Waals surface area contributed by atoms with Crippen LogP contribution in [0.15, 0.2) is 17.5 Å². The molecule has 0 aliphatic heterocycles. The van der Waals surface area contributed by atoms with Gasteiger partial charge in [-0.3, -0.25) is 0 Å². The Hall–Kier alpha value is -0.340. The van der Waals surface area contributed by atoms with E-state index >= 15 is 0 Å². The van der Waals surface area contributed by atoms with E-state index in [1.165, 1.54) is 24.1 Å². The van der Waals surface area contributed by atoms with E-state index in [1.807, 2.05) is 11.3 Å². The highest BCUT2D eigenvalue weighted by molar-refractivity contribution is 7.10. The molecule has 1 aromatic rings. The summed E-state index contributed by atoms with van der Waals surface area (Å²) in [4.78, 5) is 1.51. The summed E-state index contributed by atoms with van der Waals surface area (Å²) in [7, 11) is 0. The average molecular weight is 195 g/mol. The fraction of sp³-hybridized carbons (Fsp3) is 0.636. The molecule has 0 spiro atoms. The molecule has 1 heterocycles. The van der Waals surface area contributed by atoms with Crippen molar-refractivity contribution in [2.75, 3.05) is 6.54 Å². The molecule has 1 aliphatic rings. The van der Waals surface area contributed by atoms with Gasteiger partial charge in [0.1, 0.15) is 0 Å². The van der Waals surface area contributed by atoms with Crippen LogP contribution in [0, 0.1) is 0 Å². The molecule has 13 heavy (non-hydrogen) atoms. The molecule has 1 saturated carbocycles. The molecule has 2 rings (SSSR count). The van der Waals surface area contributed by atoms with Crippen LogP contribution in [-0.4, -0.2) is 12.6 Å². The molecule has 1 nitrogen and oxygen atoms in total. The Morgan fingerprint density at radius 3 is 3.00 bits per heavy atom. The van der Waals surface area contributed by atoms with Crippen LogP contribution in [0.1, 0.15) is 37.0 Å². The minimum atomic E-state index is 0.681. The van der Waals surface area contributed by atoms with Crippen molar-refractivity contribution in [1.82, 2.24) is 5.32 Å². The molecule has 1 fully saturated rings. The summed E-state index contributed by atoms with van der Waals surface area (Å²) in [5, 5.41) is 5.78. The number of hydrogen-bond acceptors (Lipinski definition) is 2. The van der Waals surface area contributed by atoms with E-state index in [1.54, 1.807) is 0 Å². The quantitative estimate of drug-likeness (QED) is 0.779. The molecule has 1 aromatic heterocycles. The summed E-state index contributed by atoms with van der Waals surface area (Å²) in [6, 6.07) is 5.19. The fourth-order valence-electron chi connectivity index (χ4n) is 1.63. The van der Waals surface area contributed by atoms with Crippen molar-refractivity contribution < 1.29 is 0 Å². The minimum absolute atomic E-state index is 0.681. The lowest BCUT2D eigenvalue weighted by Gasteiger charge is -2.27. The summed E-state index contributed by atoms with van der Waals surface area (Å²) in [5.74, 6) is 0.681. The van der Waals surface area contributed by atoms with Crippen LogP contribution in [0.4, 0.5) is 0 Å². The van der Waals surface area contributed by atoms with E-state index in [9.17, 15) is 0 Å². The first kappa shape index (κ1) is 9.22. The van der Waals surface area contributed by atoms with Crippen molar-refractivity contribution in [3.8, 4) is 0 Å². The summed E-state index contributed by atoms with van der Waals surface area (Å²) >= 11 is 1.87. The van der Waals surface area contributed by atoms with Crippen LogP contribution in [-0.2, 0) is 0 Å². The molecule has 0 aromatic carbocycles. The second-order valence-electron chi connectivity index (χ2n) is 3.95. The van der Waals surface area contributed by atoms with Gasteiger partial charge in [0.15, 0.2) is 0 Å². The second-order valence-corrected chi connectivity index (χ2v) is 4.93. The van der Waals surface area contributed by atoms with Gasteiger partial charge >= 0.3 is 0 Å². The van der Waals surface area contributed by atoms with E-state index in [0.29, 0.717) is 5.92 Å². The molecule has 0 saturated heterocycles. The fourth-order valence-corrected chi connectivity index (χ4v) is 2.42. The highest BCUT2D eigenvalue weighted by Crippen LogP contribution is 2.22.